The van der Waals surface area contributed by atoms with Crippen LogP contribution < -0.4 is 5.32 Å². The molecule has 17 heavy (non-hydrogen) atoms. The molecule has 1 amide bonds. The molecule has 2 rings (SSSR count). The van der Waals surface area contributed by atoms with Crippen LogP contribution in [0, 0.1) is 24.7 Å². The van der Waals surface area contributed by atoms with Crippen molar-refractivity contribution in [2.24, 2.45) is 5.92 Å². The topological polar surface area (TPSA) is 49.3 Å². The van der Waals surface area contributed by atoms with Crippen LogP contribution in [-0.2, 0) is 4.79 Å². The summed E-state index contributed by atoms with van der Waals surface area (Å²) >= 11 is 0. The Balaban J connectivity index is 2.09. The molecule has 0 atom stereocenters. The highest BCUT2D eigenvalue weighted by atomic mass is 16.2. The molecule has 1 aromatic rings. The van der Waals surface area contributed by atoms with E-state index in [1.54, 1.807) is 0 Å². The van der Waals surface area contributed by atoms with Gasteiger partial charge in [-0.25, -0.2) is 0 Å². The number of carbonyl (C=O) groups excluding carboxylic acids is 1. The summed E-state index contributed by atoms with van der Waals surface area (Å²) in [5, 5.41) is 11.5. The number of nitrogens with one attached hydrogen (secondary N) is 1. The maximum absolute atomic E-state index is 11.6. The predicted molar refractivity (Wildman–Crippen MR) is 66.5 cm³/mol. The van der Waals surface area contributed by atoms with Gasteiger partial charge in [0.2, 0.25) is 5.91 Å². The van der Waals surface area contributed by atoms with E-state index in [4.69, 9.17) is 5.11 Å². The Hall–Kier alpha value is -1.79. The first kappa shape index (κ1) is 11.7. The molecule has 1 fully saturated rings. The third kappa shape index (κ3) is 3.08. The minimum Gasteiger partial charge on any atom is -0.384 e. The van der Waals surface area contributed by atoms with Crippen molar-refractivity contribution in [1.82, 2.24) is 0 Å². The van der Waals surface area contributed by atoms with Crippen LogP contribution in [0.2, 0.25) is 0 Å². The molecule has 1 aromatic carbocycles. The highest BCUT2D eigenvalue weighted by Crippen LogP contribution is 2.30. The van der Waals surface area contributed by atoms with E-state index < -0.39 is 0 Å². The lowest BCUT2D eigenvalue weighted by Gasteiger charge is -2.06. The molecule has 3 nitrogen and oxygen atoms in total. The zero-order chi connectivity index (χ0) is 12.3. The summed E-state index contributed by atoms with van der Waals surface area (Å²) in [7, 11) is 0. The van der Waals surface area contributed by atoms with Gasteiger partial charge >= 0.3 is 0 Å². The molecule has 0 saturated heterocycles. The van der Waals surface area contributed by atoms with Gasteiger partial charge in [0, 0.05) is 17.2 Å². The fourth-order valence-electron chi connectivity index (χ4n) is 1.61. The second kappa shape index (κ2) is 5.03. The second-order valence-corrected chi connectivity index (χ2v) is 4.25. The molecular weight excluding hydrogens is 214 g/mol. The summed E-state index contributed by atoms with van der Waals surface area (Å²) in [6.07, 6.45) is 2.01. The van der Waals surface area contributed by atoms with Crippen LogP contribution in [-0.4, -0.2) is 17.6 Å². The average Bonchev–Trinajstić information content (AvgIpc) is 3.11. The molecule has 2 N–H and O–H groups in total. The molecule has 0 aromatic heterocycles. The van der Waals surface area contributed by atoms with Gasteiger partial charge in [-0.2, -0.15) is 0 Å². The van der Waals surface area contributed by atoms with Crippen molar-refractivity contribution in [3.63, 3.8) is 0 Å². The van der Waals surface area contributed by atoms with E-state index in [0.29, 0.717) is 0 Å². The predicted octanol–water partition coefficient (Wildman–Crippen LogP) is 1.69. The van der Waals surface area contributed by atoms with Crippen molar-refractivity contribution in [3.05, 3.63) is 29.3 Å². The van der Waals surface area contributed by atoms with Gasteiger partial charge in [-0.1, -0.05) is 11.8 Å². The fourth-order valence-corrected chi connectivity index (χ4v) is 1.61. The van der Waals surface area contributed by atoms with E-state index in [0.717, 1.165) is 29.7 Å². The molecule has 1 saturated carbocycles. The number of rotatable bonds is 2. The Morgan fingerprint density at radius 1 is 1.53 bits per heavy atom. The van der Waals surface area contributed by atoms with E-state index in [2.05, 4.69) is 17.2 Å². The van der Waals surface area contributed by atoms with Gasteiger partial charge < -0.3 is 10.4 Å². The van der Waals surface area contributed by atoms with Crippen LogP contribution in [0.25, 0.3) is 0 Å². The molecular formula is C14H15NO2. The molecule has 0 unspecified atom stereocenters. The molecule has 0 heterocycles. The van der Waals surface area contributed by atoms with Crippen molar-refractivity contribution in [2.45, 2.75) is 19.8 Å². The highest BCUT2D eigenvalue weighted by Gasteiger charge is 2.29. The van der Waals surface area contributed by atoms with E-state index in [1.807, 2.05) is 25.1 Å². The standard InChI is InChI=1S/C14H15NO2/c1-10-9-13(15-14(17)12-4-5-12)7-6-11(10)3-2-8-16/h6-7,9,12,16H,4-5,8H2,1H3,(H,15,17). The lowest BCUT2D eigenvalue weighted by Crippen LogP contribution is -2.13. The molecule has 0 spiro atoms. The monoisotopic (exact) mass is 229 g/mol. The maximum Gasteiger partial charge on any atom is 0.227 e. The first-order chi connectivity index (χ1) is 8.20. The molecule has 1 aliphatic rings. The number of aliphatic hydroxyl groups excluding tert-OH is 1. The summed E-state index contributed by atoms with van der Waals surface area (Å²) in [6, 6.07) is 5.61. The van der Waals surface area contributed by atoms with Crippen molar-refractivity contribution in [1.29, 1.82) is 0 Å². The van der Waals surface area contributed by atoms with Crippen LogP contribution in [0.1, 0.15) is 24.0 Å². The molecule has 1 aliphatic carbocycles. The van der Waals surface area contributed by atoms with Crippen molar-refractivity contribution < 1.29 is 9.90 Å². The Morgan fingerprint density at radius 3 is 2.88 bits per heavy atom. The summed E-state index contributed by atoms with van der Waals surface area (Å²) < 4.78 is 0. The minimum atomic E-state index is -0.139. The lowest BCUT2D eigenvalue weighted by atomic mass is 10.1. The number of hydrogen-bond acceptors (Lipinski definition) is 2. The van der Waals surface area contributed by atoms with Crippen molar-refractivity contribution >= 4 is 11.6 Å². The zero-order valence-electron chi connectivity index (χ0n) is 9.79. The maximum atomic E-state index is 11.6. The number of hydrogen-bond donors (Lipinski definition) is 2. The van der Waals surface area contributed by atoms with Crippen LogP contribution in [0.3, 0.4) is 0 Å². The fraction of sp³-hybridized carbons (Fsp3) is 0.357. The third-order valence-electron chi connectivity index (χ3n) is 2.74. The number of aliphatic hydroxyl groups is 1. The van der Waals surface area contributed by atoms with Gasteiger partial charge in [0.25, 0.3) is 0 Å². The number of amides is 1. The van der Waals surface area contributed by atoms with Gasteiger partial charge in [0.05, 0.1) is 0 Å². The third-order valence-corrected chi connectivity index (χ3v) is 2.74. The Labute approximate surface area is 101 Å². The normalized spacial score (nSPS) is 13.8. The molecule has 0 radical (unpaired) electrons. The number of benzene rings is 1. The SMILES string of the molecule is Cc1cc(NC(=O)C2CC2)ccc1C#CCO. The van der Waals surface area contributed by atoms with Crippen LogP contribution >= 0.6 is 0 Å². The van der Waals surface area contributed by atoms with E-state index in [-0.39, 0.29) is 18.4 Å². The molecule has 0 bridgehead atoms. The van der Waals surface area contributed by atoms with Gasteiger partial charge in [-0.3, -0.25) is 4.79 Å². The summed E-state index contributed by atoms with van der Waals surface area (Å²) in [4.78, 5) is 11.6. The van der Waals surface area contributed by atoms with Gasteiger partial charge in [0.1, 0.15) is 6.61 Å². The average molecular weight is 229 g/mol. The highest BCUT2D eigenvalue weighted by molar-refractivity contribution is 5.94. The largest absolute Gasteiger partial charge is 0.384 e. The molecule has 3 heteroatoms. The first-order valence-corrected chi connectivity index (χ1v) is 5.72. The quantitative estimate of drug-likeness (QED) is 0.758. The Kier molecular flexibility index (Phi) is 3.46. The van der Waals surface area contributed by atoms with E-state index in [1.165, 1.54) is 0 Å². The minimum absolute atomic E-state index is 0.110. The summed E-state index contributed by atoms with van der Waals surface area (Å²) in [6.45, 7) is 1.80. The summed E-state index contributed by atoms with van der Waals surface area (Å²) in [5.41, 5.74) is 2.69. The van der Waals surface area contributed by atoms with E-state index in [9.17, 15) is 4.79 Å². The van der Waals surface area contributed by atoms with E-state index >= 15 is 0 Å². The van der Waals surface area contributed by atoms with Crippen LogP contribution in [0.5, 0.6) is 0 Å². The Bertz CT molecular complexity index is 493. The second-order valence-electron chi connectivity index (χ2n) is 4.25. The number of carbonyl (C=O) groups is 1. The van der Waals surface area contributed by atoms with Gasteiger partial charge in [-0.15, -0.1) is 0 Å². The molecule has 88 valence electrons. The number of aryl methyl sites for hydroxylation is 1. The zero-order valence-corrected chi connectivity index (χ0v) is 9.79. The van der Waals surface area contributed by atoms with Crippen LogP contribution in [0.15, 0.2) is 18.2 Å². The van der Waals surface area contributed by atoms with Crippen molar-refractivity contribution in [2.75, 3.05) is 11.9 Å². The smallest absolute Gasteiger partial charge is 0.227 e. The Morgan fingerprint density at radius 2 is 2.29 bits per heavy atom. The first-order valence-electron chi connectivity index (χ1n) is 5.72. The van der Waals surface area contributed by atoms with Gasteiger partial charge in [-0.05, 0) is 43.5 Å². The lowest BCUT2D eigenvalue weighted by molar-refractivity contribution is -0.117. The molecule has 0 aliphatic heterocycles. The van der Waals surface area contributed by atoms with Gasteiger partial charge in [0.15, 0.2) is 0 Å². The summed E-state index contributed by atoms with van der Waals surface area (Å²) in [5.74, 6) is 5.80. The number of anilines is 1. The van der Waals surface area contributed by atoms with Crippen molar-refractivity contribution in [3.8, 4) is 11.8 Å². The van der Waals surface area contributed by atoms with Crippen LogP contribution in [0.4, 0.5) is 5.69 Å².